The van der Waals surface area contributed by atoms with Gasteiger partial charge >= 0.3 is 0 Å². The molecule has 3 rings (SSSR count). The number of carbonyl (C=O) groups excluding carboxylic acids is 1. The molecular weight excluding hydrogens is 416 g/mol. The summed E-state index contributed by atoms with van der Waals surface area (Å²) in [6, 6.07) is 10.0. The summed E-state index contributed by atoms with van der Waals surface area (Å²) < 4.78 is 38.6. The van der Waals surface area contributed by atoms with Gasteiger partial charge in [0, 0.05) is 6.04 Å². The third-order valence-electron chi connectivity index (χ3n) is 5.13. The standard InChI is InChI=1S/C23H30N2O5S/c1-15(2)25-31(27,28)20-11-12-22(29-4)21(14-20)24-23(26)16(3)30-19-10-9-17-7-5-6-8-18(17)13-19/h9-16,25H,5-8H2,1-4H3,(H,24,26). The van der Waals surface area contributed by atoms with Crippen molar-refractivity contribution in [3.05, 3.63) is 47.5 Å². The average molecular weight is 447 g/mol. The van der Waals surface area contributed by atoms with E-state index in [2.05, 4.69) is 16.1 Å². The van der Waals surface area contributed by atoms with Crippen molar-refractivity contribution < 1.29 is 22.7 Å². The number of benzene rings is 2. The number of ether oxygens (including phenoxy) is 2. The van der Waals surface area contributed by atoms with Crippen molar-refractivity contribution >= 4 is 21.6 Å². The molecule has 1 aliphatic carbocycles. The number of rotatable bonds is 8. The summed E-state index contributed by atoms with van der Waals surface area (Å²) in [6.07, 6.45) is 3.69. The molecule has 168 valence electrons. The number of nitrogens with one attached hydrogen (secondary N) is 2. The Bertz CT molecular complexity index is 1050. The normalized spacial score (nSPS) is 14.6. The van der Waals surface area contributed by atoms with Gasteiger partial charge in [0.1, 0.15) is 11.5 Å². The summed E-state index contributed by atoms with van der Waals surface area (Å²) >= 11 is 0. The fourth-order valence-electron chi connectivity index (χ4n) is 3.61. The molecule has 0 fully saturated rings. The van der Waals surface area contributed by atoms with Crippen molar-refractivity contribution in [1.82, 2.24) is 4.72 Å². The van der Waals surface area contributed by atoms with Gasteiger partial charge in [0.15, 0.2) is 6.10 Å². The van der Waals surface area contributed by atoms with E-state index in [0.29, 0.717) is 11.5 Å². The second kappa shape index (κ2) is 9.70. The van der Waals surface area contributed by atoms with Crippen LogP contribution in [0.15, 0.2) is 41.3 Å². The highest BCUT2D eigenvalue weighted by Gasteiger charge is 2.21. The number of hydrogen-bond acceptors (Lipinski definition) is 5. The van der Waals surface area contributed by atoms with E-state index in [1.54, 1.807) is 20.8 Å². The van der Waals surface area contributed by atoms with Gasteiger partial charge in [-0.05, 0) is 87.9 Å². The number of amides is 1. The molecule has 0 bridgehead atoms. The van der Waals surface area contributed by atoms with Crippen LogP contribution in [-0.4, -0.2) is 33.6 Å². The fraction of sp³-hybridized carbons (Fsp3) is 0.435. The Labute approximate surface area is 184 Å². The number of carbonyl (C=O) groups is 1. The van der Waals surface area contributed by atoms with E-state index in [0.717, 1.165) is 19.3 Å². The average Bonchev–Trinajstić information content (AvgIpc) is 2.72. The van der Waals surface area contributed by atoms with Crippen LogP contribution in [0.4, 0.5) is 5.69 Å². The van der Waals surface area contributed by atoms with Gasteiger partial charge in [-0.1, -0.05) is 6.07 Å². The molecule has 0 saturated carbocycles. The minimum absolute atomic E-state index is 0.0422. The van der Waals surface area contributed by atoms with Crippen molar-refractivity contribution in [2.24, 2.45) is 0 Å². The van der Waals surface area contributed by atoms with Gasteiger partial charge in [-0.3, -0.25) is 4.79 Å². The van der Waals surface area contributed by atoms with Crippen molar-refractivity contribution in [2.75, 3.05) is 12.4 Å². The molecule has 0 aromatic heterocycles. The fourth-order valence-corrected chi connectivity index (χ4v) is 4.88. The first-order chi connectivity index (χ1) is 14.7. The van der Waals surface area contributed by atoms with Gasteiger partial charge in [0.05, 0.1) is 17.7 Å². The topological polar surface area (TPSA) is 93.7 Å². The Kier molecular flexibility index (Phi) is 7.23. The van der Waals surface area contributed by atoms with Crippen molar-refractivity contribution in [1.29, 1.82) is 0 Å². The number of aryl methyl sites for hydroxylation is 2. The molecule has 1 aliphatic rings. The first kappa shape index (κ1) is 23.1. The smallest absolute Gasteiger partial charge is 0.265 e. The van der Waals surface area contributed by atoms with Crippen LogP contribution < -0.4 is 19.5 Å². The van der Waals surface area contributed by atoms with E-state index in [4.69, 9.17) is 9.47 Å². The lowest BCUT2D eigenvalue weighted by Gasteiger charge is -2.20. The van der Waals surface area contributed by atoms with Crippen molar-refractivity contribution in [3.8, 4) is 11.5 Å². The minimum atomic E-state index is -3.71. The summed E-state index contributed by atoms with van der Waals surface area (Å²) in [7, 11) is -2.25. The Morgan fingerprint density at radius 3 is 2.39 bits per heavy atom. The summed E-state index contributed by atoms with van der Waals surface area (Å²) in [6.45, 7) is 5.13. The highest BCUT2D eigenvalue weighted by Crippen LogP contribution is 2.29. The molecule has 1 amide bonds. The molecule has 1 unspecified atom stereocenters. The second-order valence-corrected chi connectivity index (χ2v) is 9.74. The molecule has 1 atom stereocenters. The minimum Gasteiger partial charge on any atom is -0.495 e. The first-order valence-corrected chi connectivity index (χ1v) is 12.0. The molecule has 2 aromatic carbocycles. The van der Waals surface area contributed by atoms with E-state index in [9.17, 15) is 13.2 Å². The van der Waals surface area contributed by atoms with Gasteiger partial charge < -0.3 is 14.8 Å². The van der Waals surface area contributed by atoms with Gasteiger partial charge in [-0.15, -0.1) is 0 Å². The Hall–Kier alpha value is -2.58. The lowest BCUT2D eigenvalue weighted by Crippen LogP contribution is -2.31. The Morgan fingerprint density at radius 2 is 1.71 bits per heavy atom. The van der Waals surface area contributed by atoms with Gasteiger partial charge in [-0.2, -0.15) is 0 Å². The van der Waals surface area contributed by atoms with E-state index >= 15 is 0 Å². The maximum absolute atomic E-state index is 12.8. The molecule has 0 radical (unpaired) electrons. The van der Waals surface area contributed by atoms with Crippen LogP contribution in [0.1, 0.15) is 44.7 Å². The zero-order valence-corrected chi connectivity index (χ0v) is 19.2. The lowest BCUT2D eigenvalue weighted by atomic mass is 9.92. The van der Waals surface area contributed by atoms with Crippen LogP contribution in [-0.2, 0) is 27.7 Å². The third-order valence-corrected chi connectivity index (χ3v) is 6.79. The maximum atomic E-state index is 12.8. The Morgan fingerprint density at radius 1 is 1.00 bits per heavy atom. The van der Waals surface area contributed by atoms with Crippen LogP contribution in [0.2, 0.25) is 0 Å². The number of methoxy groups -OCH3 is 1. The summed E-state index contributed by atoms with van der Waals surface area (Å²) in [4.78, 5) is 12.8. The van der Waals surface area contributed by atoms with Crippen molar-refractivity contribution in [2.45, 2.75) is 63.5 Å². The summed E-state index contributed by atoms with van der Waals surface area (Å²) in [5, 5.41) is 2.73. The molecule has 8 heteroatoms. The van der Waals surface area contributed by atoms with Gasteiger partial charge in [0.2, 0.25) is 10.0 Å². The Balaban J connectivity index is 1.75. The van der Waals surface area contributed by atoms with Gasteiger partial charge in [-0.25, -0.2) is 13.1 Å². The second-order valence-electron chi connectivity index (χ2n) is 8.03. The molecule has 2 aromatic rings. The van der Waals surface area contributed by atoms with Crippen LogP contribution in [0, 0.1) is 0 Å². The number of anilines is 1. The van der Waals surface area contributed by atoms with Gasteiger partial charge in [0.25, 0.3) is 5.91 Å². The quantitative estimate of drug-likeness (QED) is 0.645. The predicted octanol–water partition coefficient (Wildman–Crippen LogP) is 3.67. The molecule has 2 N–H and O–H groups in total. The highest BCUT2D eigenvalue weighted by molar-refractivity contribution is 7.89. The van der Waals surface area contributed by atoms with Crippen LogP contribution in [0.3, 0.4) is 0 Å². The molecule has 7 nitrogen and oxygen atoms in total. The van der Waals surface area contributed by atoms with Crippen LogP contribution >= 0.6 is 0 Å². The SMILES string of the molecule is COc1ccc(S(=O)(=O)NC(C)C)cc1NC(=O)C(C)Oc1ccc2c(c1)CCCC2. The van der Waals surface area contributed by atoms with E-state index in [1.807, 2.05) is 12.1 Å². The highest BCUT2D eigenvalue weighted by atomic mass is 32.2. The number of hydrogen-bond donors (Lipinski definition) is 2. The maximum Gasteiger partial charge on any atom is 0.265 e. The molecule has 0 saturated heterocycles. The molecule has 0 heterocycles. The zero-order chi connectivity index (χ0) is 22.6. The number of fused-ring (bicyclic) bond motifs is 1. The predicted molar refractivity (Wildman–Crippen MR) is 120 cm³/mol. The van der Waals surface area contributed by atoms with E-state index in [-0.39, 0.29) is 16.6 Å². The molecule has 31 heavy (non-hydrogen) atoms. The van der Waals surface area contributed by atoms with E-state index < -0.39 is 22.0 Å². The van der Waals surface area contributed by atoms with Crippen LogP contribution in [0.5, 0.6) is 11.5 Å². The third kappa shape index (κ3) is 5.77. The summed E-state index contributed by atoms with van der Waals surface area (Å²) in [5.74, 6) is 0.605. The summed E-state index contributed by atoms with van der Waals surface area (Å²) in [5.41, 5.74) is 2.88. The molecule has 0 spiro atoms. The lowest BCUT2D eigenvalue weighted by molar-refractivity contribution is -0.122. The number of sulfonamides is 1. The molecule has 0 aliphatic heterocycles. The zero-order valence-electron chi connectivity index (χ0n) is 18.4. The first-order valence-electron chi connectivity index (χ1n) is 10.5. The van der Waals surface area contributed by atoms with Crippen molar-refractivity contribution in [3.63, 3.8) is 0 Å². The molecular formula is C23H30N2O5S. The van der Waals surface area contributed by atoms with Crippen LogP contribution in [0.25, 0.3) is 0 Å². The largest absolute Gasteiger partial charge is 0.495 e. The van der Waals surface area contributed by atoms with E-state index in [1.165, 1.54) is 42.9 Å². The monoisotopic (exact) mass is 446 g/mol.